The number of nitro benzene ring substituents is 1. The lowest BCUT2D eigenvalue weighted by Gasteiger charge is -2.08. The number of rotatable bonds is 5. The van der Waals surface area contributed by atoms with Crippen LogP contribution in [0.3, 0.4) is 0 Å². The summed E-state index contributed by atoms with van der Waals surface area (Å²) in [5.74, 6) is 0. The lowest BCUT2D eigenvalue weighted by atomic mass is 10.2. The molecule has 0 unspecified atom stereocenters. The van der Waals surface area contributed by atoms with Crippen LogP contribution in [0.4, 0.5) is 17.1 Å². The number of halogens is 2. The van der Waals surface area contributed by atoms with Crippen molar-refractivity contribution in [2.45, 2.75) is 6.54 Å². The third kappa shape index (κ3) is 5.16. The summed E-state index contributed by atoms with van der Waals surface area (Å²) in [4.78, 5) is 10.4. The normalized spacial score (nSPS) is 10.4. The Hall–Kier alpha value is -2.68. The lowest BCUT2D eigenvalue weighted by Crippen LogP contribution is -2.18. The molecule has 3 aromatic rings. The predicted molar refractivity (Wildman–Crippen MR) is 111 cm³/mol. The van der Waals surface area contributed by atoms with E-state index < -0.39 is 4.92 Å². The Labute approximate surface area is 170 Å². The van der Waals surface area contributed by atoms with E-state index >= 15 is 0 Å². The Kier molecular flexibility index (Phi) is 5.90. The number of aromatic nitrogens is 2. The number of nitrogens with zero attached hydrogens (tertiary/aromatic N) is 3. The number of hydrogen-bond donors (Lipinski definition) is 2. The van der Waals surface area contributed by atoms with Gasteiger partial charge in [0.05, 0.1) is 23.4 Å². The molecule has 2 aromatic carbocycles. The summed E-state index contributed by atoms with van der Waals surface area (Å²) in [5, 5.41) is 22.4. The summed E-state index contributed by atoms with van der Waals surface area (Å²) in [6.07, 6.45) is 3.39. The largest absolute Gasteiger partial charge is 0.332 e. The molecular formula is C17H13Cl2N5O2S. The van der Waals surface area contributed by atoms with Crippen LogP contribution < -0.4 is 10.6 Å². The molecule has 1 heterocycles. The van der Waals surface area contributed by atoms with Crippen LogP contribution >= 0.6 is 35.4 Å². The van der Waals surface area contributed by atoms with Crippen molar-refractivity contribution in [1.29, 1.82) is 0 Å². The Morgan fingerprint density at radius 1 is 1.19 bits per heavy atom. The molecule has 7 nitrogen and oxygen atoms in total. The van der Waals surface area contributed by atoms with Gasteiger partial charge < -0.3 is 10.6 Å². The van der Waals surface area contributed by atoms with Gasteiger partial charge in [0.25, 0.3) is 5.69 Å². The fourth-order valence-corrected chi connectivity index (χ4v) is 3.03. The summed E-state index contributed by atoms with van der Waals surface area (Å²) in [6, 6.07) is 11.4. The molecule has 1 aromatic heterocycles. The second-order valence-electron chi connectivity index (χ2n) is 5.55. The van der Waals surface area contributed by atoms with Gasteiger partial charge in [-0.05, 0) is 36.0 Å². The number of hydrogen-bond acceptors (Lipinski definition) is 4. The first-order valence-electron chi connectivity index (χ1n) is 7.69. The fraction of sp³-hybridized carbons (Fsp3) is 0.0588. The summed E-state index contributed by atoms with van der Waals surface area (Å²) >= 11 is 17.3. The van der Waals surface area contributed by atoms with E-state index in [0.717, 1.165) is 5.56 Å². The standard InChI is InChI=1S/C17H13Cl2N5O2S/c18-12-5-4-11(16(19)6-12)9-23-10-14(8-20-23)22-17(27)21-13-2-1-3-15(7-13)24(25)26/h1-8,10H,9H2,(H2,21,22,27). The van der Waals surface area contributed by atoms with Crippen molar-refractivity contribution in [2.75, 3.05) is 10.6 Å². The molecule has 10 heteroatoms. The van der Waals surface area contributed by atoms with Gasteiger partial charge in [0, 0.05) is 34.1 Å². The van der Waals surface area contributed by atoms with E-state index in [4.69, 9.17) is 35.4 Å². The van der Waals surface area contributed by atoms with Crippen molar-refractivity contribution in [3.05, 3.63) is 80.6 Å². The maximum absolute atomic E-state index is 10.8. The second-order valence-corrected chi connectivity index (χ2v) is 6.80. The first kappa shape index (κ1) is 19.1. The average molecular weight is 422 g/mol. The molecule has 0 fully saturated rings. The fourth-order valence-electron chi connectivity index (χ4n) is 2.33. The van der Waals surface area contributed by atoms with Gasteiger partial charge in [-0.3, -0.25) is 14.8 Å². The van der Waals surface area contributed by atoms with Crippen LogP contribution in [0.2, 0.25) is 10.0 Å². The van der Waals surface area contributed by atoms with Gasteiger partial charge in [0.2, 0.25) is 0 Å². The highest BCUT2D eigenvalue weighted by Crippen LogP contribution is 2.22. The van der Waals surface area contributed by atoms with E-state index in [-0.39, 0.29) is 5.69 Å². The highest BCUT2D eigenvalue weighted by molar-refractivity contribution is 7.80. The zero-order chi connectivity index (χ0) is 19.4. The third-order valence-electron chi connectivity index (χ3n) is 3.55. The predicted octanol–water partition coefficient (Wildman–Crippen LogP) is 4.96. The van der Waals surface area contributed by atoms with Crippen LogP contribution in [-0.4, -0.2) is 19.8 Å². The zero-order valence-electron chi connectivity index (χ0n) is 13.7. The molecule has 3 rings (SSSR count). The van der Waals surface area contributed by atoms with E-state index in [1.807, 2.05) is 6.07 Å². The topological polar surface area (TPSA) is 85.0 Å². The van der Waals surface area contributed by atoms with Crippen LogP contribution in [-0.2, 0) is 6.54 Å². The van der Waals surface area contributed by atoms with Crippen LogP contribution in [0.5, 0.6) is 0 Å². The van der Waals surface area contributed by atoms with Gasteiger partial charge in [0.15, 0.2) is 5.11 Å². The van der Waals surface area contributed by atoms with E-state index in [0.29, 0.717) is 33.1 Å². The number of benzene rings is 2. The van der Waals surface area contributed by atoms with Crippen molar-refractivity contribution in [1.82, 2.24) is 9.78 Å². The van der Waals surface area contributed by atoms with Gasteiger partial charge in [-0.25, -0.2) is 0 Å². The van der Waals surface area contributed by atoms with E-state index in [1.54, 1.807) is 41.3 Å². The maximum atomic E-state index is 10.8. The highest BCUT2D eigenvalue weighted by atomic mass is 35.5. The molecule has 0 aliphatic rings. The quantitative estimate of drug-likeness (QED) is 0.344. The first-order chi connectivity index (χ1) is 12.9. The van der Waals surface area contributed by atoms with Crippen molar-refractivity contribution in [3.8, 4) is 0 Å². The molecule has 0 radical (unpaired) electrons. The molecule has 0 atom stereocenters. The Morgan fingerprint density at radius 3 is 2.70 bits per heavy atom. The molecule has 0 spiro atoms. The lowest BCUT2D eigenvalue weighted by molar-refractivity contribution is -0.384. The van der Waals surface area contributed by atoms with Crippen LogP contribution in [0.1, 0.15) is 5.56 Å². The Morgan fingerprint density at radius 2 is 1.96 bits per heavy atom. The zero-order valence-corrected chi connectivity index (χ0v) is 16.1. The molecule has 27 heavy (non-hydrogen) atoms. The Balaban J connectivity index is 1.62. The van der Waals surface area contributed by atoms with Crippen LogP contribution in [0.15, 0.2) is 54.9 Å². The van der Waals surface area contributed by atoms with Crippen molar-refractivity contribution >= 4 is 57.6 Å². The van der Waals surface area contributed by atoms with E-state index in [2.05, 4.69) is 15.7 Å². The highest BCUT2D eigenvalue weighted by Gasteiger charge is 2.08. The Bertz CT molecular complexity index is 1010. The van der Waals surface area contributed by atoms with E-state index in [1.165, 1.54) is 12.1 Å². The average Bonchev–Trinajstić information content (AvgIpc) is 3.04. The minimum absolute atomic E-state index is 0.0181. The number of nitrogens with one attached hydrogen (secondary N) is 2. The summed E-state index contributed by atoms with van der Waals surface area (Å²) in [7, 11) is 0. The number of non-ortho nitro benzene ring substituents is 1. The van der Waals surface area contributed by atoms with Gasteiger partial charge in [-0.1, -0.05) is 35.3 Å². The first-order valence-corrected chi connectivity index (χ1v) is 8.86. The maximum Gasteiger partial charge on any atom is 0.271 e. The molecule has 0 saturated heterocycles. The van der Waals surface area contributed by atoms with Crippen molar-refractivity contribution in [2.24, 2.45) is 0 Å². The summed E-state index contributed by atoms with van der Waals surface area (Å²) < 4.78 is 1.70. The minimum atomic E-state index is -0.465. The molecule has 138 valence electrons. The second kappa shape index (κ2) is 8.34. The molecule has 0 bridgehead atoms. The smallest absolute Gasteiger partial charge is 0.271 e. The monoisotopic (exact) mass is 421 g/mol. The van der Waals surface area contributed by atoms with Gasteiger partial charge >= 0.3 is 0 Å². The molecule has 0 aliphatic carbocycles. The molecule has 2 N–H and O–H groups in total. The van der Waals surface area contributed by atoms with Crippen LogP contribution in [0.25, 0.3) is 0 Å². The molecular weight excluding hydrogens is 409 g/mol. The third-order valence-corrected chi connectivity index (χ3v) is 4.34. The van der Waals surface area contributed by atoms with Crippen molar-refractivity contribution in [3.63, 3.8) is 0 Å². The molecule has 0 saturated carbocycles. The summed E-state index contributed by atoms with van der Waals surface area (Å²) in [6.45, 7) is 0.475. The van der Waals surface area contributed by atoms with Gasteiger partial charge in [0.1, 0.15) is 0 Å². The van der Waals surface area contributed by atoms with Gasteiger partial charge in [-0.15, -0.1) is 0 Å². The van der Waals surface area contributed by atoms with Crippen LogP contribution in [0, 0.1) is 10.1 Å². The number of thiocarbonyl (C=S) groups is 1. The number of nitro groups is 1. The minimum Gasteiger partial charge on any atom is -0.332 e. The summed E-state index contributed by atoms with van der Waals surface area (Å²) in [5.41, 5.74) is 2.05. The van der Waals surface area contributed by atoms with Gasteiger partial charge in [-0.2, -0.15) is 5.10 Å². The van der Waals surface area contributed by atoms with Crippen molar-refractivity contribution < 1.29 is 4.92 Å². The molecule has 0 amide bonds. The molecule has 0 aliphatic heterocycles. The SMILES string of the molecule is O=[N+]([O-])c1cccc(NC(=S)Nc2cnn(Cc3ccc(Cl)cc3Cl)c2)c1. The van der Waals surface area contributed by atoms with E-state index in [9.17, 15) is 10.1 Å². The number of anilines is 2.